The van der Waals surface area contributed by atoms with Gasteiger partial charge in [-0.15, -0.1) is 4.91 Å². The Kier molecular flexibility index (Phi) is 5.06. The van der Waals surface area contributed by atoms with Gasteiger partial charge in [0, 0.05) is 6.54 Å². The third-order valence-corrected chi connectivity index (χ3v) is 3.41. The van der Waals surface area contributed by atoms with Crippen LogP contribution in [0.3, 0.4) is 0 Å². The first-order valence-electron chi connectivity index (χ1n) is 6.14. The molecule has 18 heavy (non-hydrogen) atoms. The topological polar surface area (TPSA) is 99.1 Å². The minimum atomic E-state index is -1.05. The average Bonchev–Trinajstić information content (AvgIpc) is 2.82. The van der Waals surface area contributed by atoms with Crippen LogP contribution in [0.2, 0.25) is 0 Å². The van der Waals surface area contributed by atoms with Crippen LogP contribution in [0.15, 0.2) is 5.29 Å². The van der Waals surface area contributed by atoms with Gasteiger partial charge in [0.1, 0.15) is 12.1 Å². The van der Waals surface area contributed by atoms with Crippen LogP contribution >= 0.6 is 0 Å². The zero-order chi connectivity index (χ0) is 13.7. The van der Waals surface area contributed by atoms with Gasteiger partial charge in [-0.2, -0.15) is 0 Å². The smallest absolute Gasteiger partial charge is 0.326 e. The fraction of sp³-hybridized carbons (Fsp3) is 0.818. The van der Waals surface area contributed by atoms with E-state index in [1.165, 1.54) is 5.01 Å². The second-order valence-electron chi connectivity index (χ2n) is 4.61. The Morgan fingerprint density at radius 3 is 2.72 bits per heavy atom. The highest BCUT2D eigenvalue weighted by Crippen LogP contribution is 2.18. The number of nitrogens with one attached hydrogen (secondary N) is 1. The molecule has 0 aliphatic carbocycles. The quantitative estimate of drug-likeness (QED) is 0.684. The lowest BCUT2D eigenvalue weighted by Gasteiger charge is -2.23. The van der Waals surface area contributed by atoms with Gasteiger partial charge >= 0.3 is 5.97 Å². The Morgan fingerprint density at radius 1 is 1.56 bits per heavy atom. The number of hydrogen-bond donors (Lipinski definition) is 2. The molecule has 1 amide bonds. The maximum Gasteiger partial charge on any atom is 0.326 e. The Labute approximate surface area is 105 Å². The third-order valence-electron chi connectivity index (χ3n) is 3.41. The van der Waals surface area contributed by atoms with Gasteiger partial charge in [0.25, 0.3) is 0 Å². The summed E-state index contributed by atoms with van der Waals surface area (Å²) in [5.74, 6) is -1.65. The summed E-state index contributed by atoms with van der Waals surface area (Å²) < 4.78 is 0. The Hall–Kier alpha value is -1.66. The Morgan fingerprint density at radius 2 is 2.22 bits per heavy atom. The molecule has 3 unspecified atom stereocenters. The van der Waals surface area contributed by atoms with Crippen molar-refractivity contribution in [1.82, 2.24) is 10.3 Å². The minimum absolute atomic E-state index is 0.162. The summed E-state index contributed by atoms with van der Waals surface area (Å²) >= 11 is 0. The molecule has 7 heteroatoms. The lowest BCUT2D eigenvalue weighted by Crippen LogP contribution is -2.50. The van der Waals surface area contributed by atoms with E-state index in [9.17, 15) is 14.5 Å². The van der Waals surface area contributed by atoms with Gasteiger partial charge < -0.3 is 10.4 Å². The molecule has 1 heterocycles. The second-order valence-corrected chi connectivity index (χ2v) is 4.61. The number of nitroso groups, excluding NO2 is 1. The minimum Gasteiger partial charge on any atom is -0.480 e. The maximum atomic E-state index is 11.9. The molecule has 7 nitrogen and oxygen atoms in total. The molecule has 0 aromatic heterocycles. The van der Waals surface area contributed by atoms with E-state index < -0.39 is 24.0 Å². The van der Waals surface area contributed by atoms with Crippen molar-refractivity contribution in [3.8, 4) is 0 Å². The number of carbonyl (C=O) groups excluding carboxylic acids is 1. The summed E-state index contributed by atoms with van der Waals surface area (Å²) in [6.07, 6.45) is 1.90. The molecule has 1 saturated heterocycles. The SMILES string of the molecule is CCC(C)C(NC(=O)C1CCCN1N=O)C(=O)O. The van der Waals surface area contributed by atoms with Crippen molar-refractivity contribution in [3.63, 3.8) is 0 Å². The normalized spacial score (nSPS) is 22.3. The predicted molar refractivity (Wildman–Crippen MR) is 64.5 cm³/mol. The molecule has 3 atom stereocenters. The molecule has 2 N–H and O–H groups in total. The molecule has 0 spiro atoms. The molecule has 0 aromatic rings. The van der Waals surface area contributed by atoms with Crippen molar-refractivity contribution < 1.29 is 14.7 Å². The Bertz CT molecular complexity index is 334. The molecule has 0 aromatic carbocycles. The fourth-order valence-electron chi connectivity index (χ4n) is 2.05. The lowest BCUT2D eigenvalue weighted by atomic mass is 9.99. The van der Waals surface area contributed by atoms with Crippen molar-refractivity contribution in [3.05, 3.63) is 4.91 Å². The van der Waals surface area contributed by atoms with Crippen LogP contribution in [0.5, 0.6) is 0 Å². The van der Waals surface area contributed by atoms with Crippen molar-refractivity contribution in [2.24, 2.45) is 11.2 Å². The molecule has 1 fully saturated rings. The average molecular weight is 257 g/mol. The van der Waals surface area contributed by atoms with Gasteiger partial charge in [-0.1, -0.05) is 20.3 Å². The van der Waals surface area contributed by atoms with Crippen LogP contribution in [-0.4, -0.2) is 40.6 Å². The molecule has 0 radical (unpaired) electrons. The summed E-state index contributed by atoms with van der Waals surface area (Å²) in [4.78, 5) is 33.5. The van der Waals surface area contributed by atoms with Crippen molar-refractivity contribution in [1.29, 1.82) is 0 Å². The van der Waals surface area contributed by atoms with E-state index in [0.717, 1.165) is 0 Å². The first-order valence-corrected chi connectivity index (χ1v) is 6.14. The van der Waals surface area contributed by atoms with E-state index in [4.69, 9.17) is 5.11 Å². The molecule has 102 valence electrons. The maximum absolute atomic E-state index is 11.9. The zero-order valence-corrected chi connectivity index (χ0v) is 10.6. The summed E-state index contributed by atoms with van der Waals surface area (Å²) in [7, 11) is 0. The zero-order valence-electron chi connectivity index (χ0n) is 10.6. The van der Waals surface area contributed by atoms with Crippen LogP contribution < -0.4 is 5.32 Å². The number of carbonyl (C=O) groups is 2. The van der Waals surface area contributed by atoms with Gasteiger partial charge in [-0.3, -0.25) is 4.79 Å². The number of carboxylic acids is 1. The molecule has 1 rings (SSSR count). The van der Waals surface area contributed by atoms with Crippen molar-refractivity contribution >= 4 is 11.9 Å². The fourth-order valence-corrected chi connectivity index (χ4v) is 2.05. The van der Waals surface area contributed by atoms with E-state index in [1.54, 1.807) is 6.92 Å². The van der Waals surface area contributed by atoms with Gasteiger partial charge in [-0.05, 0) is 18.8 Å². The Balaban J connectivity index is 2.66. The molecule has 0 saturated carbocycles. The van der Waals surface area contributed by atoms with Gasteiger partial charge in [0.05, 0.1) is 5.29 Å². The van der Waals surface area contributed by atoms with E-state index in [2.05, 4.69) is 10.6 Å². The number of amides is 1. The summed E-state index contributed by atoms with van der Waals surface area (Å²) in [6, 6.07) is -1.55. The number of rotatable bonds is 6. The highest BCUT2D eigenvalue weighted by Gasteiger charge is 2.34. The highest BCUT2D eigenvalue weighted by atomic mass is 16.4. The van der Waals surface area contributed by atoms with Gasteiger partial charge in [-0.25, -0.2) is 9.80 Å². The molecular formula is C11H19N3O4. The van der Waals surface area contributed by atoms with Crippen LogP contribution in [0.4, 0.5) is 0 Å². The van der Waals surface area contributed by atoms with Gasteiger partial charge in [0.15, 0.2) is 0 Å². The molecule has 1 aliphatic heterocycles. The lowest BCUT2D eigenvalue weighted by molar-refractivity contribution is -0.144. The van der Waals surface area contributed by atoms with E-state index in [0.29, 0.717) is 25.8 Å². The van der Waals surface area contributed by atoms with Crippen LogP contribution in [0, 0.1) is 10.8 Å². The number of hydrogen-bond acceptors (Lipinski definition) is 4. The number of carboxylic acid groups (broad SMARTS) is 1. The van der Waals surface area contributed by atoms with Gasteiger partial charge in [0.2, 0.25) is 5.91 Å². The molecule has 0 bridgehead atoms. The first kappa shape index (κ1) is 14.4. The predicted octanol–water partition coefficient (Wildman–Crippen LogP) is 0.748. The highest BCUT2D eigenvalue weighted by molar-refractivity contribution is 5.87. The number of aliphatic carboxylic acids is 1. The summed E-state index contributed by atoms with van der Waals surface area (Å²) in [5, 5.41) is 15.5. The van der Waals surface area contributed by atoms with Crippen molar-refractivity contribution in [2.75, 3.05) is 6.54 Å². The molecule has 1 aliphatic rings. The van der Waals surface area contributed by atoms with Crippen LogP contribution in [-0.2, 0) is 9.59 Å². The second kappa shape index (κ2) is 6.32. The largest absolute Gasteiger partial charge is 0.480 e. The monoisotopic (exact) mass is 257 g/mol. The van der Waals surface area contributed by atoms with E-state index >= 15 is 0 Å². The standard InChI is InChI=1S/C11H19N3O4/c1-3-7(2)9(11(16)17)12-10(15)8-5-4-6-14(8)13-18/h7-9H,3-6H2,1-2H3,(H,12,15)(H,16,17). The van der Waals surface area contributed by atoms with E-state index in [1.807, 2.05) is 6.92 Å². The summed E-state index contributed by atoms with van der Waals surface area (Å²) in [5.41, 5.74) is 0. The first-order chi connectivity index (χ1) is 8.51. The van der Waals surface area contributed by atoms with Crippen LogP contribution in [0.1, 0.15) is 33.1 Å². The number of nitrogens with zero attached hydrogens (tertiary/aromatic N) is 2. The van der Waals surface area contributed by atoms with Crippen molar-refractivity contribution in [2.45, 2.75) is 45.2 Å². The summed E-state index contributed by atoms with van der Waals surface area (Å²) in [6.45, 7) is 4.08. The van der Waals surface area contributed by atoms with Crippen LogP contribution in [0.25, 0.3) is 0 Å². The third kappa shape index (κ3) is 3.18. The molecular weight excluding hydrogens is 238 g/mol. The van der Waals surface area contributed by atoms with E-state index in [-0.39, 0.29) is 5.92 Å².